The van der Waals surface area contributed by atoms with Gasteiger partial charge in [-0.2, -0.15) is 0 Å². The summed E-state index contributed by atoms with van der Waals surface area (Å²) in [6.07, 6.45) is -0.0243. The van der Waals surface area contributed by atoms with Gasteiger partial charge in [-0.3, -0.25) is 9.59 Å². The van der Waals surface area contributed by atoms with Crippen LogP contribution in [0, 0.1) is 0 Å². The number of carbonyl (C=O) groups excluding carboxylic acids is 2. The molecule has 0 radical (unpaired) electrons. The number of rotatable bonds is 0. The third-order valence-corrected chi connectivity index (χ3v) is 1.24. The molecule has 1 aliphatic heterocycles. The predicted octanol–water partition coefficient (Wildman–Crippen LogP) is -0.0584. The number of carbonyl (C=O) groups is 2. The Balaban J connectivity index is 2.64. The third kappa shape index (κ3) is 0.816. The summed E-state index contributed by atoms with van der Waals surface area (Å²) in [7, 11) is 0. The topological polar surface area (TPSA) is 37.4 Å². The molecular weight excluding hydrogens is 130 g/mol. The summed E-state index contributed by atoms with van der Waals surface area (Å²) in [5, 5.41) is 0. The maximum absolute atomic E-state index is 10.4. The van der Waals surface area contributed by atoms with E-state index in [4.69, 9.17) is 11.8 Å². The molecule has 1 aliphatic rings. The van der Waals surface area contributed by atoms with E-state index >= 15 is 0 Å². The van der Waals surface area contributed by atoms with Crippen molar-refractivity contribution in [3.63, 3.8) is 0 Å². The zero-order valence-electron chi connectivity index (χ0n) is 4.06. The molecule has 0 aliphatic carbocycles. The lowest BCUT2D eigenvalue weighted by molar-refractivity contribution is -0.124. The second-order valence-electron chi connectivity index (χ2n) is 1.63. The third-order valence-electron chi connectivity index (χ3n) is 0.934. The number of nitrogens with zero attached hydrogens (tertiary/aromatic N) is 1. The monoisotopic (exact) mass is 133 g/mol. The molecule has 0 bridgehead atoms. The van der Waals surface area contributed by atoms with Crippen LogP contribution in [0.1, 0.15) is 6.42 Å². The van der Waals surface area contributed by atoms with Gasteiger partial charge in [0, 0.05) is 11.8 Å². The van der Waals surface area contributed by atoms with E-state index in [9.17, 15) is 9.59 Å². The van der Waals surface area contributed by atoms with Crippen LogP contribution in [0.25, 0.3) is 0 Å². The van der Waals surface area contributed by atoms with E-state index in [-0.39, 0.29) is 24.7 Å². The minimum absolute atomic E-state index is 0.0243. The molecule has 0 aromatic rings. The quantitative estimate of drug-likeness (QED) is 0.343. The molecule has 8 heavy (non-hydrogen) atoms. The molecule has 0 saturated carbocycles. The van der Waals surface area contributed by atoms with E-state index < -0.39 is 0 Å². The van der Waals surface area contributed by atoms with Crippen molar-refractivity contribution in [3.05, 3.63) is 0 Å². The maximum Gasteiger partial charge on any atom is 0.244 e. The highest BCUT2D eigenvalue weighted by molar-refractivity contribution is 6.27. The van der Waals surface area contributed by atoms with Gasteiger partial charge in [-0.15, -0.1) is 0 Å². The van der Waals surface area contributed by atoms with Crippen LogP contribution in [0.15, 0.2) is 0 Å². The number of hydrogen-bond donors (Lipinski definition) is 0. The fourth-order valence-electron chi connectivity index (χ4n) is 0.553. The fourth-order valence-corrected chi connectivity index (χ4v) is 0.746. The van der Waals surface area contributed by atoms with Gasteiger partial charge in [0.05, 0.1) is 13.0 Å². The van der Waals surface area contributed by atoms with E-state index in [2.05, 4.69) is 0 Å². The lowest BCUT2D eigenvalue weighted by Crippen LogP contribution is -2.11. The van der Waals surface area contributed by atoms with Crippen LogP contribution in [-0.4, -0.2) is 22.7 Å². The average molecular weight is 134 g/mol. The van der Waals surface area contributed by atoms with Gasteiger partial charge in [-0.1, -0.05) is 0 Å². The SMILES string of the molecule is O=C1CC(=O)N(Cl)C1. The zero-order valence-corrected chi connectivity index (χ0v) is 4.81. The second kappa shape index (κ2) is 1.74. The first-order valence-corrected chi connectivity index (χ1v) is 2.52. The van der Waals surface area contributed by atoms with Crippen LogP contribution in [-0.2, 0) is 9.59 Å². The normalized spacial score (nSPS) is 20.4. The van der Waals surface area contributed by atoms with Crippen LogP contribution < -0.4 is 0 Å². The van der Waals surface area contributed by atoms with Crippen molar-refractivity contribution in [2.24, 2.45) is 0 Å². The summed E-state index contributed by atoms with van der Waals surface area (Å²) in [6, 6.07) is 0. The minimum Gasteiger partial charge on any atom is -0.297 e. The van der Waals surface area contributed by atoms with Crippen LogP contribution in [0.3, 0.4) is 0 Å². The van der Waals surface area contributed by atoms with Gasteiger partial charge in [0.15, 0.2) is 5.78 Å². The van der Waals surface area contributed by atoms with Gasteiger partial charge in [0.25, 0.3) is 0 Å². The summed E-state index contributed by atoms with van der Waals surface area (Å²) < 4.78 is 0.905. The second-order valence-corrected chi connectivity index (χ2v) is 2.04. The van der Waals surface area contributed by atoms with Crippen molar-refractivity contribution in [2.45, 2.75) is 6.42 Å². The molecule has 0 aromatic heterocycles. The molecular formula is C4H4ClNO2. The van der Waals surface area contributed by atoms with E-state index in [1.807, 2.05) is 0 Å². The van der Waals surface area contributed by atoms with Crippen LogP contribution in [0.5, 0.6) is 0 Å². The number of Topliss-reactive ketones (excluding diaryl/α,β-unsaturated/α-hetero) is 1. The lowest BCUT2D eigenvalue weighted by atomic mass is 10.3. The molecule has 0 N–H and O–H groups in total. The molecule has 3 nitrogen and oxygen atoms in total. The Kier molecular flexibility index (Phi) is 1.21. The largest absolute Gasteiger partial charge is 0.297 e. The van der Waals surface area contributed by atoms with E-state index in [1.54, 1.807) is 0 Å². The molecule has 1 rings (SSSR count). The first kappa shape index (κ1) is 5.56. The highest BCUT2D eigenvalue weighted by atomic mass is 35.5. The standard InChI is InChI=1S/C4H4ClNO2/c5-6-2-3(7)1-4(6)8/h1-2H2. The van der Waals surface area contributed by atoms with Gasteiger partial charge >= 0.3 is 0 Å². The Morgan fingerprint density at radius 1 is 1.50 bits per heavy atom. The molecule has 1 saturated heterocycles. The minimum atomic E-state index is -0.295. The van der Waals surface area contributed by atoms with Gasteiger partial charge in [0.2, 0.25) is 5.91 Å². The van der Waals surface area contributed by atoms with Crippen molar-refractivity contribution in [1.29, 1.82) is 0 Å². The highest BCUT2D eigenvalue weighted by Crippen LogP contribution is 2.07. The first-order valence-electron chi connectivity index (χ1n) is 2.18. The Bertz CT molecular complexity index is 145. The Morgan fingerprint density at radius 2 is 2.12 bits per heavy atom. The van der Waals surface area contributed by atoms with Crippen LogP contribution >= 0.6 is 11.8 Å². The molecule has 1 fully saturated rings. The number of amides is 1. The molecule has 1 amide bonds. The first-order chi connectivity index (χ1) is 3.70. The molecule has 0 atom stereocenters. The Hall–Kier alpha value is -0.570. The van der Waals surface area contributed by atoms with E-state index in [0.29, 0.717) is 0 Å². The summed E-state index contributed by atoms with van der Waals surface area (Å²) in [5.74, 6) is -0.401. The molecule has 44 valence electrons. The van der Waals surface area contributed by atoms with Gasteiger partial charge in [-0.25, -0.2) is 4.42 Å². The molecule has 0 spiro atoms. The molecule has 0 unspecified atom stereocenters. The van der Waals surface area contributed by atoms with Crippen LogP contribution in [0.4, 0.5) is 0 Å². The number of halogens is 1. The lowest BCUT2D eigenvalue weighted by Gasteiger charge is -1.97. The smallest absolute Gasteiger partial charge is 0.244 e. The summed E-state index contributed by atoms with van der Waals surface area (Å²) in [5.41, 5.74) is 0. The molecule has 1 heterocycles. The van der Waals surface area contributed by atoms with E-state index in [0.717, 1.165) is 4.42 Å². The molecule has 4 heteroatoms. The Labute approximate surface area is 51.3 Å². The maximum atomic E-state index is 10.4. The number of ketones is 1. The van der Waals surface area contributed by atoms with Crippen molar-refractivity contribution >= 4 is 23.5 Å². The Morgan fingerprint density at radius 3 is 2.25 bits per heavy atom. The summed E-state index contributed by atoms with van der Waals surface area (Å²) in [4.78, 5) is 20.7. The summed E-state index contributed by atoms with van der Waals surface area (Å²) in [6.45, 7) is 0.0698. The zero-order chi connectivity index (χ0) is 6.15. The average Bonchev–Trinajstić information content (AvgIpc) is 1.85. The van der Waals surface area contributed by atoms with Gasteiger partial charge in [-0.05, 0) is 0 Å². The summed E-state index contributed by atoms with van der Waals surface area (Å²) >= 11 is 5.22. The van der Waals surface area contributed by atoms with Gasteiger partial charge in [0.1, 0.15) is 0 Å². The van der Waals surface area contributed by atoms with Crippen molar-refractivity contribution in [3.8, 4) is 0 Å². The predicted molar refractivity (Wildman–Crippen MR) is 27.2 cm³/mol. The van der Waals surface area contributed by atoms with Crippen LogP contribution in [0.2, 0.25) is 0 Å². The van der Waals surface area contributed by atoms with Gasteiger partial charge < -0.3 is 0 Å². The van der Waals surface area contributed by atoms with Crippen molar-refractivity contribution < 1.29 is 9.59 Å². The number of hydrogen-bond acceptors (Lipinski definition) is 2. The highest BCUT2D eigenvalue weighted by Gasteiger charge is 2.25. The molecule has 0 aromatic carbocycles. The fraction of sp³-hybridized carbons (Fsp3) is 0.500. The van der Waals surface area contributed by atoms with Crippen molar-refractivity contribution in [2.75, 3.05) is 6.54 Å². The van der Waals surface area contributed by atoms with Crippen molar-refractivity contribution in [1.82, 2.24) is 4.42 Å². The van der Waals surface area contributed by atoms with E-state index in [1.165, 1.54) is 0 Å².